The number of hydrogen-bond donors (Lipinski definition) is 0. The maximum Gasteiger partial charge on any atom is 0.136 e. The van der Waals surface area contributed by atoms with Gasteiger partial charge in [-0.25, -0.2) is 0 Å². The molecule has 0 aromatic rings. The molecule has 0 heterocycles. The molecule has 0 aliphatic heterocycles. The van der Waals surface area contributed by atoms with Crippen LogP contribution < -0.4 is 0 Å². The summed E-state index contributed by atoms with van der Waals surface area (Å²) in [6.07, 6.45) is 10.7. The smallest absolute Gasteiger partial charge is 0.136 e. The van der Waals surface area contributed by atoms with E-state index < -0.39 is 0 Å². The highest BCUT2D eigenvalue weighted by Gasteiger charge is 2.64. The molecular formula is C23H38O2. The Kier molecular flexibility index (Phi) is 4.38. The predicted molar refractivity (Wildman–Crippen MR) is 101 cm³/mol. The Labute approximate surface area is 154 Å². The van der Waals surface area contributed by atoms with E-state index in [9.17, 15) is 4.79 Å². The van der Waals surface area contributed by atoms with Crippen LogP contribution in [-0.2, 0) is 9.53 Å². The second kappa shape index (κ2) is 6.08. The van der Waals surface area contributed by atoms with Crippen LogP contribution in [0.5, 0.6) is 0 Å². The van der Waals surface area contributed by atoms with Gasteiger partial charge in [-0.3, -0.25) is 4.79 Å². The Morgan fingerprint density at radius 3 is 2.40 bits per heavy atom. The molecule has 0 aromatic carbocycles. The summed E-state index contributed by atoms with van der Waals surface area (Å²) in [7, 11) is 1.93. The highest BCUT2D eigenvalue weighted by Crippen LogP contribution is 2.68. The first-order valence-corrected chi connectivity index (χ1v) is 10.9. The minimum Gasteiger partial charge on any atom is -0.381 e. The van der Waals surface area contributed by atoms with Crippen LogP contribution in [-0.4, -0.2) is 19.0 Å². The molecule has 0 unspecified atom stereocenters. The quantitative estimate of drug-likeness (QED) is 0.660. The van der Waals surface area contributed by atoms with Crippen LogP contribution in [0.4, 0.5) is 0 Å². The number of fused-ring (bicyclic) bond motifs is 5. The van der Waals surface area contributed by atoms with Gasteiger partial charge in [0.2, 0.25) is 0 Å². The highest BCUT2D eigenvalue weighted by atomic mass is 16.5. The van der Waals surface area contributed by atoms with Crippen LogP contribution in [0.3, 0.4) is 0 Å². The third kappa shape index (κ3) is 2.35. The van der Waals surface area contributed by atoms with Crippen molar-refractivity contribution in [2.45, 2.75) is 85.2 Å². The fourth-order valence-corrected chi connectivity index (χ4v) is 8.45. The second-order valence-corrected chi connectivity index (χ2v) is 10.5. The summed E-state index contributed by atoms with van der Waals surface area (Å²) in [6.45, 7) is 9.26. The number of hydrogen-bond acceptors (Lipinski definition) is 2. The number of carbonyl (C=O) groups is 1. The van der Waals surface area contributed by atoms with Gasteiger partial charge in [0, 0.05) is 12.5 Å². The highest BCUT2D eigenvalue weighted by molar-refractivity contribution is 5.83. The van der Waals surface area contributed by atoms with E-state index in [0.717, 1.165) is 24.2 Å². The molecule has 4 aliphatic carbocycles. The Morgan fingerprint density at radius 1 is 0.960 bits per heavy atom. The molecule has 0 spiro atoms. The molecule has 2 heteroatoms. The Balaban J connectivity index is 1.71. The number of ether oxygens (including phenoxy) is 1. The van der Waals surface area contributed by atoms with Crippen molar-refractivity contribution < 1.29 is 9.53 Å². The SMILES string of the molecule is CO[C@@H]1C[C@@H]2[C@H](CC[C@]3(C(C)=O)[C@@H](C)CC[C@@H]23)[C@@]2(C)CC[C@@H](C)C[C@H]12. The maximum atomic E-state index is 12.8. The van der Waals surface area contributed by atoms with E-state index >= 15 is 0 Å². The van der Waals surface area contributed by atoms with Crippen molar-refractivity contribution in [3.8, 4) is 0 Å². The number of Topliss-reactive ketones (excluding diaryl/α,β-unsaturated/α-hetero) is 1. The summed E-state index contributed by atoms with van der Waals surface area (Å²) in [5.41, 5.74) is 0.426. The van der Waals surface area contributed by atoms with E-state index in [-0.39, 0.29) is 5.41 Å². The zero-order chi connectivity index (χ0) is 18.0. The standard InChI is InChI=1S/C23H38O2/c1-14-8-10-22(4)18-9-11-23(16(3)24)15(2)6-7-19(23)17(18)13-21(25-5)20(22)12-14/h14-15,17-21H,6-13H2,1-5H3/t14-,15+,17-,18+,19+,20-,21-,22-,23-/m1/s1. The molecule has 0 saturated heterocycles. The largest absolute Gasteiger partial charge is 0.381 e. The van der Waals surface area contributed by atoms with Gasteiger partial charge in [0.25, 0.3) is 0 Å². The lowest BCUT2D eigenvalue weighted by molar-refractivity contribution is -0.177. The van der Waals surface area contributed by atoms with Gasteiger partial charge in [0.15, 0.2) is 0 Å². The lowest BCUT2D eigenvalue weighted by Gasteiger charge is -2.62. The van der Waals surface area contributed by atoms with Crippen molar-refractivity contribution in [2.75, 3.05) is 7.11 Å². The van der Waals surface area contributed by atoms with Gasteiger partial charge >= 0.3 is 0 Å². The van der Waals surface area contributed by atoms with Gasteiger partial charge in [-0.2, -0.15) is 0 Å². The first kappa shape index (κ1) is 18.0. The van der Waals surface area contributed by atoms with Crippen LogP contribution in [0.2, 0.25) is 0 Å². The van der Waals surface area contributed by atoms with Crippen molar-refractivity contribution in [3.63, 3.8) is 0 Å². The average Bonchev–Trinajstić information content (AvgIpc) is 2.93. The number of methoxy groups -OCH3 is 1. The second-order valence-electron chi connectivity index (χ2n) is 10.5. The van der Waals surface area contributed by atoms with Gasteiger partial charge in [-0.1, -0.05) is 27.2 Å². The van der Waals surface area contributed by atoms with Crippen molar-refractivity contribution in [2.24, 2.45) is 46.3 Å². The molecule has 25 heavy (non-hydrogen) atoms. The van der Waals surface area contributed by atoms with Crippen molar-refractivity contribution in [1.82, 2.24) is 0 Å². The molecule has 4 aliphatic rings. The normalized spacial score (nSPS) is 55.2. The van der Waals surface area contributed by atoms with Gasteiger partial charge in [0.1, 0.15) is 5.78 Å². The summed E-state index contributed by atoms with van der Waals surface area (Å²) in [6, 6.07) is 0. The van der Waals surface area contributed by atoms with E-state index in [1.807, 2.05) is 14.0 Å². The summed E-state index contributed by atoms with van der Waals surface area (Å²) < 4.78 is 6.11. The van der Waals surface area contributed by atoms with Gasteiger partial charge in [0.05, 0.1) is 6.10 Å². The monoisotopic (exact) mass is 346 g/mol. The van der Waals surface area contributed by atoms with Gasteiger partial charge in [-0.15, -0.1) is 0 Å². The van der Waals surface area contributed by atoms with E-state index in [1.54, 1.807) is 0 Å². The molecule has 142 valence electrons. The first-order valence-electron chi connectivity index (χ1n) is 10.9. The first-order chi connectivity index (χ1) is 11.8. The van der Waals surface area contributed by atoms with Crippen LogP contribution in [0.25, 0.3) is 0 Å². The Bertz CT molecular complexity index is 542. The summed E-state index contributed by atoms with van der Waals surface area (Å²) in [5, 5.41) is 0. The van der Waals surface area contributed by atoms with E-state index in [0.29, 0.717) is 35.1 Å². The lowest BCUT2D eigenvalue weighted by Crippen LogP contribution is -2.59. The van der Waals surface area contributed by atoms with Crippen molar-refractivity contribution in [1.29, 1.82) is 0 Å². The summed E-state index contributed by atoms with van der Waals surface area (Å²) in [5.74, 6) is 4.79. The van der Waals surface area contributed by atoms with Crippen molar-refractivity contribution >= 4 is 5.78 Å². The van der Waals surface area contributed by atoms with Gasteiger partial charge in [-0.05, 0) is 92.8 Å². The third-order valence-corrected chi connectivity index (χ3v) is 9.79. The lowest BCUT2D eigenvalue weighted by atomic mass is 9.43. The molecule has 0 radical (unpaired) electrons. The third-order valence-electron chi connectivity index (χ3n) is 9.79. The molecule has 4 fully saturated rings. The fraction of sp³-hybridized carbons (Fsp3) is 0.957. The predicted octanol–water partition coefficient (Wildman–Crippen LogP) is 5.50. The summed E-state index contributed by atoms with van der Waals surface area (Å²) >= 11 is 0. The molecule has 0 aromatic heterocycles. The fourth-order valence-electron chi connectivity index (χ4n) is 8.45. The van der Waals surface area contributed by atoms with Crippen LogP contribution >= 0.6 is 0 Å². The van der Waals surface area contributed by atoms with Crippen molar-refractivity contribution in [3.05, 3.63) is 0 Å². The molecule has 2 nitrogen and oxygen atoms in total. The van der Waals surface area contributed by atoms with E-state index in [2.05, 4.69) is 20.8 Å². The van der Waals surface area contributed by atoms with Crippen LogP contribution in [0.1, 0.15) is 79.1 Å². The molecule has 4 rings (SSSR count). The molecule has 9 atom stereocenters. The number of carbonyl (C=O) groups excluding carboxylic acids is 1. The van der Waals surface area contributed by atoms with Crippen LogP contribution in [0, 0.1) is 46.3 Å². The van der Waals surface area contributed by atoms with Gasteiger partial charge < -0.3 is 4.74 Å². The van der Waals surface area contributed by atoms with E-state index in [1.165, 1.54) is 44.9 Å². The zero-order valence-corrected chi connectivity index (χ0v) is 17.0. The number of ketones is 1. The zero-order valence-electron chi connectivity index (χ0n) is 17.0. The molecular weight excluding hydrogens is 308 g/mol. The molecule has 0 N–H and O–H groups in total. The Hall–Kier alpha value is -0.370. The average molecular weight is 347 g/mol. The molecule has 0 amide bonds. The Morgan fingerprint density at radius 2 is 1.72 bits per heavy atom. The molecule has 0 bridgehead atoms. The topological polar surface area (TPSA) is 26.3 Å². The minimum atomic E-state index is -0.00931. The molecule has 4 saturated carbocycles. The summed E-state index contributed by atoms with van der Waals surface area (Å²) in [4.78, 5) is 12.8. The minimum absolute atomic E-state index is 0.00931. The van der Waals surface area contributed by atoms with E-state index in [4.69, 9.17) is 4.74 Å². The number of rotatable bonds is 2. The maximum absolute atomic E-state index is 12.8. The van der Waals surface area contributed by atoms with Crippen LogP contribution in [0.15, 0.2) is 0 Å².